The lowest BCUT2D eigenvalue weighted by atomic mass is 10.1. The third kappa shape index (κ3) is 1.90. The second-order valence-corrected chi connectivity index (χ2v) is 6.50. The minimum Gasteiger partial charge on any atom is -0.481 e. The Kier molecular flexibility index (Phi) is 2.43. The van der Waals surface area contributed by atoms with Crippen LogP contribution >= 0.6 is 0 Å². The molecular formula is C12H12N2O4S. The minimum atomic E-state index is -3.55. The summed E-state index contributed by atoms with van der Waals surface area (Å²) >= 11 is 0. The van der Waals surface area contributed by atoms with E-state index in [1.807, 2.05) is 0 Å². The number of aliphatic carboxylic acids is 1. The fourth-order valence-corrected chi connectivity index (χ4v) is 3.32. The number of carbonyl (C=O) groups is 1. The Morgan fingerprint density at radius 1 is 1.37 bits per heavy atom. The Balaban J connectivity index is 1.94. The highest BCUT2D eigenvalue weighted by atomic mass is 32.2. The van der Waals surface area contributed by atoms with Crippen LogP contribution in [0, 0.1) is 5.41 Å². The molecule has 0 unspecified atom stereocenters. The third-order valence-corrected chi connectivity index (χ3v) is 4.91. The van der Waals surface area contributed by atoms with Gasteiger partial charge < -0.3 is 5.11 Å². The van der Waals surface area contributed by atoms with E-state index in [-0.39, 0.29) is 17.3 Å². The zero-order valence-corrected chi connectivity index (χ0v) is 10.8. The molecule has 1 aliphatic carbocycles. The number of nitrogens with zero attached hydrogens (tertiary/aromatic N) is 1. The topological polar surface area (TPSA) is 95.8 Å². The number of amidine groups is 1. The molecule has 0 aromatic heterocycles. The number of aliphatic imine (C=N–C) groups is 1. The molecule has 1 saturated carbocycles. The Hall–Kier alpha value is -1.89. The fourth-order valence-electron chi connectivity index (χ4n) is 2.07. The quantitative estimate of drug-likeness (QED) is 0.847. The van der Waals surface area contributed by atoms with Crippen LogP contribution in [-0.4, -0.2) is 31.9 Å². The van der Waals surface area contributed by atoms with Gasteiger partial charge in [0.25, 0.3) is 10.0 Å². The molecule has 0 atom stereocenters. The molecule has 0 radical (unpaired) electrons. The average Bonchev–Trinajstić information content (AvgIpc) is 3.11. The molecule has 19 heavy (non-hydrogen) atoms. The SMILES string of the molecule is O=C(O)C1(CN=C2NS(=O)(=O)c3ccccc32)CC1. The lowest BCUT2D eigenvalue weighted by Gasteiger charge is -2.06. The van der Waals surface area contributed by atoms with Crippen molar-refractivity contribution in [1.82, 2.24) is 4.72 Å². The lowest BCUT2D eigenvalue weighted by molar-refractivity contribution is -0.142. The maximum absolute atomic E-state index is 11.8. The van der Waals surface area contributed by atoms with E-state index in [0.717, 1.165) is 0 Å². The molecule has 1 aromatic rings. The van der Waals surface area contributed by atoms with E-state index in [0.29, 0.717) is 18.4 Å². The molecule has 1 aromatic carbocycles. The zero-order chi connectivity index (χ0) is 13.7. The number of carboxylic acid groups (broad SMARTS) is 1. The van der Waals surface area contributed by atoms with Crippen molar-refractivity contribution in [3.63, 3.8) is 0 Å². The molecular weight excluding hydrogens is 268 g/mol. The van der Waals surface area contributed by atoms with Gasteiger partial charge in [-0.3, -0.25) is 14.5 Å². The first kappa shape index (κ1) is 12.2. The van der Waals surface area contributed by atoms with Crippen LogP contribution in [0.3, 0.4) is 0 Å². The number of carboxylic acids is 1. The van der Waals surface area contributed by atoms with Gasteiger partial charge in [-0.25, -0.2) is 8.42 Å². The Morgan fingerprint density at radius 3 is 2.68 bits per heavy atom. The van der Waals surface area contributed by atoms with Gasteiger partial charge in [-0.1, -0.05) is 12.1 Å². The highest BCUT2D eigenvalue weighted by molar-refractivity contribution is 7.90. The number of benzene rings is 1. The van der Waals surface area contributed by atoms with Crippen molar-refractivity contribution in [2.24, 2.45) is 10.4 Å². The molecule has 1 heterocycles. The second kappa shape index (κ2) is 3.80. The van der Waals surface area contributed by atoms with Crippen molar-refractivity contribution in [2.75, 3.05) is 6.54 Å². The number of hydrogen-bond donors (Lipinski definition) is 2. The minimum absolute atomic E-state index is 0.106. The first-order chi connectivity index (χ1) is 8.95. The summed E-state index contributed by atoms with van der Waals surface area (Å²) in [5, 5.41) is 9.07. The fraction of sp³-hybridized carbons (Fsp3) is 0.333. The molecule has 2 aliphatic rings. The molecule has 1 fully saturated rings. The van der Waals surface area contributed by atoms with Crippen LogP contribution in [0.25, 0.3) is 0 Å². The van der Waals surface area contributed by atoms with Crippen molar-refractivity contribution < 1.29 is 18.3 Å². The molecule has 2 N–H and O–H groups in total. The van der Waals surface area contributed by atoms with Gasteiger partial charge in [-0.05, 0) is 25.0 Å². The summed E-state index contributed by atoms with van der Waals surface area (Å²) in [5.41, 5.74) is -0.292. The molecule has 0 amide bonds. The Bertz CT molecular complexity index is 689. The predicted molar refractivity (Wildman–Crippen MR) is 67.5 cm³/mol. The van der Waals surface area contributed by atoms with Crippen LogP contribution in [0.1, 0.15) is 18.4 Å². The van der Waals surface area contributed by atoms with Gasteiger partial charge >= 0.3 is 5.97 Å². The van der Waals surface area contributed by atoms with Crippen LogP contribution in [-0.2, 0) is 14.8 Å². The summed E-state index contributed by atoms with van der Waals surface area (Å²) in [6, 6.07) is 6.53. The summed E-state index contributed by atoms with van der Waals surface area (Å²) < 4.78 is 26.0. The van der Waals surface area contributed by atoms with E-state index < -0.39 is 21.4 Å². The van der Waals surface area contributed by atoms with Crippen LogP contribution < -0.4 is 4.72 Å². The molecule has 100 valence electrons. The smallest absolute Gasteiger partial charge is 0.311 e. The summed E-state index contributed by atoms with van der Waals surface area (Å²) in [6.45, 7) is 0.106. The third-order valence-electron chi connectivity index (χ3n) is 3.51. The monoisotopic (exact) mass is 280 g/mol. The van der Waals surface area contributed by atoms with E-state index in [2.05, 4.69) is 9.71 Å². The Labute approximate surface area is 110 Å². The standard InChI is InChI=1S/C12H12N2O4S/c15-11(16)12(5-6-12)7-13-10-8-3-1-2-4-9(8)19(17,18)14-10/h1-4H,5-7H2,(H,13,14)(H,15,16). The number of hydrogen-bond acceptors (Lipinski definition) is 4. The van der Waals surface area contributed by atoms with Gasteiger partial charge in [-0.15, -0.1) is 0 Å². The van der Waals surface area contributed by atoms with Crippen molar-refractivity contribution >= 4 is 21.8 Å². The highest BCUT2D eigenvalue weighted by Gasteiger charge is 2.50. The van der Waals surface area contributed by atoms with Crippen LogP contribution in [0.4, 0.5) is 0 Å². The summed E-state index contributed by atoms with van der Waals surface area (Å²) in [5.74, 6) is -0.630. The molecule has 7 heteroatoms. The lowest BCUT2D eigenvalue weighted by Crippen LogP contribution is -2.25. The van der Waals surface area contributed by atoms with E-state index in [1.54, 1.807) is 18.2 Å². The molecule has 0 spiro atoms. The van der Waals surface area contributed by atoms with Gasteiger partial charge in [0, 0.05) is 5.56 Å². The van der Waals surface area contributed by atoms with E-state index in [4.69, 9.17) is 5.11 Å². The highest BCUT2D eigenvalue weighted by Crippen LogP contribution is 2.46. The van der Waals surface area contributed by atoms with Gasteiger partial charge in [0.05, 0.1) is 16.9 Å². The number of rotatable bonds is 3. The molecule has 0 bridgehead atoms. The van der Waals surface area contributed by atoms with E-state index in [9.17, 15) is 13.2 Å². The van der Waals surface area contributed by atoms with Crippen LogP contribution in [0.15, 0.2) is 34.2 Å². The summed E-state index contributed by atoms with van der Waals surface area (Å²) in [7, 11) is -3.55. The largest absolute Gasteiger partial charge is 0.481 e. The number of nitrogens with one attached hydrogen (secondary N) is 1. The van der Waals surface area contributed by atoms with Crippen molar-refractivity contribution in [2.45, 2.75) is 17.7 Å². The van der Waals surface area contributed by atoms with Crippen LogP contribution in [0.5, 0.6) is 0 Å². The van der Waals surface area contributed by atoms with Gasteiger partial charge in [0.2, 0.25) is 0 Å². The van der Waals surface area contributed by atoms with Crippen molar-refractivity contribution in [3.05, 3.63) is 29.8 Å². The maximum atomic E-state index is 11.8. The Morgan fingerprint density at radius 2 is 2.05 bits per heavy atom. The van der Waals surface area contributed by atoms with Crippen molar-refractivity contribution in [1.29, 1.82) is 0 Å². The second-order valence-electron chi connectivity index (χ2n) is 4.85. The van der Waals surface area contributed by atoms with Crippen molar-refractivity contribution in [3.8, 4) is 0 Å². The molecule has 6 nitrogen and oxygen atoms in total. The van der Waals surface area contributed by atoms with E-state index in [1.165, 1.54) is 6.07 Å². The van der Waals surface area contributed by atoms with Gasteiger partial charge in [-0.2, -0.15) is 0 Å². The van der Waals surface area contributed by atoms with E-state index >= 15 is 0 Å². The van der Waals surface area contributed by atoms with Crippen LogP contribution in [0.2, 0.25) is 0 Å². The van der Waals surface area contributed by atoms with Gasteiger partial charge in [0.1, 0.15) is 5.84 Å². The first-order valence-electron chi connectivity index (χ1n) is 5.85. The number of fused-ring (bicyclic) bond motifs is 1. The summed E-state index contributed by atoms with van der Waals surface area (Å²) in [4.78, 5) is 15.4. The normalized spacial score (nSPS) is 23.7. The molecule has 1 aliphatic heterocycles. The maximum Gasteiger partial charge on any atom is 0.311 e. The zero-order valence-electron chi connectivity index (χ0n) is 9.96. The molecule has 0 saturated heterocycles. The van der Waals surface area contributed by atoms with Gasteiger partial charge in [0.15, 0.2) is 0 Å². The predicted octanol–water partition coefficient (Wildman–Crippen LogP) is 0.590. The summed E-state index contributed by atoms with van der Waals surface area (Å²) in [6.07, 6.45) is 1.18. The molecule has 3 rings (SSSR count). The number of sulfonamides is 1. The first-order valence-corrected chi connectivity index (χ1v) is 7.33. The average molecular weight is 280 g/mol.